The van der Waals surface area contributed by atoms with Crippen molar-refractivity contribution in [1.82, 2.24) is 4.90 Å². The molecule has 0 saturated heterocycles. The number of ether oxygens (including phenoxy) is 3. The first-order valence-electron chi connectivity index (χ1n) is 19.8. The SMILES string of the molecule is CN(CCCCCc1ccc2ccccc2c1)C(=O)[C@H](OCCCCO[Si](c1ccccc1)(c1ccccc1)C(C)(C)C)[C@@H](OCC(=O)OC(C)(C)C)C(=O)O. The number of amides is 1. The van der Waals surface area contributed by atoms with Crippen molar-refractivity contribution >= 4 is 47.3 Å². The van der Waals surface area contributed by atoms with E-state index in [-0.39, 0.29) is 11.6 Å². The van der Waals surface area contributed by atoms with E-state index in [1.807, 2.05) is 48.5 Å². The zero-order chi connectivity index (χ0) is 40.8. The van der Waals surface area contributed by atoms with Gasteiger partial charge in [0, 0.05) is 26.8 Å². The summed E-state index contributed by atoms with van der Waals surface area (Å²) in [5.74, 6) is -2.64. The first-order valence-corrected chi connectivity index (χ1v) is 21.7. The second kappa shape index (κ2) is 20.7. The van der Waals surface area contributed by atoms with Gasteiger partial charge in [-0.25, -0.2) is 9.59 Å². The van der Waals surface area contributed by atoms with Crippen LogP contribution in [-0.2, 0) is 39.4 Å². The van der Waals surface area contributed by atoms with Crippen LogP contribution in [0, 0.1) is 0 Å². The smallest absolute Gasteiger partial charge is 0.336 e. The van der Waals surface area contributed by atoms with E-state index < -0.39 is 50.6 Å². The lowest BCUT2D eigenvalue weighted by molar-refractivity contribution is -0.180. The van der Waals surface area contributed by atoms with E-state index in [9.17, 15) is 19.5 Å². The molecule has 2 atom stereocenters. The number of unbranched alkanes of at least 4 members (excludes halogenated alkanes) is 3. The number of benzene rings is 4. The van der Waals surface area contributed by atoms with Gasteiger partial charge in [-0.2, -0.15) is 0 Å². The van der Waals surface area contributed by atoms with E-state index in [1.54, 1.807) is 27.8 Å². The van der Waals surface area contributed by atoms with Crippen molar-refractivity contribution in [3.63, 3.8) is 0 Å². The predicted molar refractivity (Wildman–Crippen MR) is 225 cm³/mol. The number of likely N-dealkylation sites (N-methyl/N-ethyl adjacent to an activating group) is 1. The molecule has 0 saturated carbocycles. The molecule has 1 amide bonds. The summed E-state index contributed by atoms with van der Waals surface area (Å²) in [6, 6.07) is 35.6. The van der Waals surface area contributed by atoms with Crippen LogP contribution in [0.15, 0.2) is 103 Å². The Balaban J connectivity index is 1.38. The number of carboxylic acid groups (broad SMARTS) is 1. The number of carbonyl (C=O) groups excluding carboxylic acids is 2. The lowest BCUT2D eigenvalue weighted by atomic mass is 10.0. The predicted octanol–water partition coefficient (Wildman–Crippen LogP) is 7.56. The fourth-order valence-electron chi connectivity index (χ4n) is 7.08. The van der Waals surface area contributed by atoms with Gasteiger partial charge >= 0.3 is 11.9 Å². The maximum absolute atomic E-state index is 13.9. The largest absolute Gasteiger partial charge is 0.479 e. The van der Waals surface area contributed by atoms with Crippen molar-refractivity contribution in [2.24, 2.45) is 0 Å². The third kappa shape index (κ3) is 12.6. The number of nitrogens with zero attached hydrogens (tertiary/aromatic N) is 1. The number of aliphatic carboxylic acids is 1. The van der Waals surface area contributed by atoms with Crippen LogP contribution in [-0.4, -0.2) is 87.4 Å². The maximum atomic E-state index is 13.9. The fraction of sp³-hybridized carbons (Fsp3) is 0.457. The molecular weight excluding hydrogens is 723 g/mol. The molecule has 1 N–H and O–H groups in total. The van der Waals surface area contributed by atoms with Crippen LogP contribution >= 0.6 is 0 Å². The summed E-state index contributed by atoms with van der Waals surface area (Å²) in [5, 5.41) is 14.8. The highest BCUT2D eigenvalue weighted by Gasteiger charge is 2.50. The van der Waals surface area contributed by atoms with Gasteiger partial charge in [-0.15, -0.1) is 0 Å². The van der Waals surface area contributed by atoms with Gasteiger partial charge in [0.15, 0.2) is 12.2 Å². The number of carbonyl (C=O) groups is 3. The molecule has 4 aromatic carbocycles. The quantitative estimate of drug-likeness (QED) is 0.0524. The van der Waals surface area contributed by atoms with Gasteiger partial charge < -0.3 is 28.6 Å². The molecule has 0 unspecified atom stereocenters. The normalized spacial score (nSPS) is 13.3. The fourth-order valence-corrected chi connectivity index (χ4v) is 11.7. The zero-order valence-corrected chi connectivity index (χ0v) is 35.3. The Bertz CT molecular complexity index is 1800. The molecule has 0 heterocycles. The minimum absolute atomic E-state index is 0.0969. The highest BCUT2D eigenvalue weighted by Crippen LogP contribution is 2.37. The lowest BCUT2D eigenvalue weighted by Gasteiger charge is -2.43. The number of carboxylic acids is 1. The summed E-state index contributed by atoms with van der Waals surface area (Å²) >= 11 is 0. The molecule has 56 heavy (non-hydrogen) atoms. The van der Waals surface area contributed by atoms with E-state index in [2.05, 4.69) is 75.4 Å². The van der Waals surface area contributed by atoms with Crippen molar-refractivity contribution < 1.29 is 38.1 Å². The van der Waals surface area contributed by atoms with Gasteiger partial charge in [-0.05, 0) is 84.6 Å². The van der Waals surface area contributed by atoms with Crippen LogP contribution in [0.3, 0.4) is 0 Å². The molecule has 302 valence electrons. The number of rotatable bonds is 21. The molecule has 0 bridgehead atoms. The molecule has 0 aromatic heterocycles. The summed E-state index contributed by atoms with van der Waals surface area (Å²) in [6.45, 7) is 12.1. The molecule has 10 heteroatoms. The van der Waals surface area contributed by atoms with Crippen molar-refractivity contribution in [2.45, 2.75) is 103 Å². The van der Waals surface area contributed by atoms with Crippen LogP contribution in [0.1, 0.15) is 79.2 Å². The summed E-state index contributed by atoms with van der Waals surface area (Å²) in [5.41, 5.74) is 0.487. The van der Waals surface area contributed by atoms with E-state index in [1.165, 1.54) is 31.6 Å². The van der Waals surface area contributed by atoms with Crippen LogP contribution in [0.4, 0.5) is 0 Å². The summed E-state index contributed by atoms with van der Waals surface area (Å²) in [6.07, 6.45) is 1.46. The van der Waals surface area contributed by atoms with Gasteiger partial charge in [0.25, 0.3) is 14.2 Å². The van der Waals surface area contributed by atoms with E-state index in [0.717, 1.165) is 25.7 Å². The van der Waals surface area contributed by atoms with Crippen molar-refractivity contribution in [3.8, 4) is 0 Å². The summed E-state index contributed by atoms with van der Waals surface area (Å²) in [4.78, 5) is 40.4. The second-order valence-corrected chi connectivity index (χ2v) is 20.7. The van der Waals surface area contributed by atoms with E-state index >= 15 is 0 Å². The summed E-state index contributed by atoms with van der Waals surface area (Å²) in [7, 11) is -1.08. The number of fused-ring (bicyclic) bond motifs is 1. The maximum Gasteiger partial charge on any atom is 0.336 e. The Morgan fingerprint density at radius 3 is 1.86 bits per heavy atom. The first-order chi connectivity index (χ1) is 26.6. The number of aryl methyl sites for hydroxylation is 1. The molecule has 0 aliphatic carbocycles. The van der Waals surface area contributed by atoms with Crippen molar-refractivity contribution in [3.05, 3.63) is 109 Å². The van der Waals surface area contributed by atoms with Gasteiger partial charge in [0.1, 0.15) is 12.2 Å². The molecule has 0 fully saturated rings. The van der Waals surface area contributed by atoms with Crippen LogP contribution in [0.5, 0.6) is 0 Å². The molecule has 9 nitrogen and oxygen atoms in total. The van der Waals surface area contributed by atoms with Crippen LogP contribution in [0.25, 0.3) is 10.8 Å². The Labute approximate surface area is 334 Å². The van der Waals surface area contributed by atoms with Crippen LogP contribution < -0.4 is 10.4 Å². The average Bonchev–Trinajstić information content (AvgIpc) is 3.15. The minimum atomic E-state index is -2.73. The van der Waals surface area contributed by atoms with E-state index in [0.29, 0.717) is 26.0 Å². The lowest BCUT2D eigenvalue weighted by Crippen LogP contribution is -2.66. The number of esters is 1. The van der Waals surface area contributed by atoms with Crippen LogP contribution in [0.2, 0.25) is 5.04 Å². The molecule has 0 radical (unpaired) electrons. The number of hydrogen-bond donors (Lipinski definition) is 1. The molecule has 0 aliphatic rings. The highest BCUT2D eigenvalue weighted by molar-refractivity contribution is 6.99. The zero-order valence-electron chi connectivity index (χ0n) is 34.3. The molecule has 0 spiro atoms. The molecular formula is C46H61NO8Si. The van der Waals surface area contributed by atoms with Gasteiger partial charge in [0.05, 0.1) is 0 Å². The third-order valence-corrected chi connectivity index (χ3v) is 14.8. The Hall–Kier alpha value is -4.35. The molecule has 4 rings (SSSR count). The minimum Gasteiger partial charge on any atom is -0.479 e. The Morgan fingerprint density at radius 1 is 0.679 bits per heavy atom. The Kier molecular flexibility index (Phi) is 16.4. The topological polar surface area (TPSA) is 112 Å². The molecule has 0 aliphatic heterocycles. The number of hydrogen-bond acceptors (Lipinski definition) is 7. The highest BCUT2D eigenvalue weighted by atomic mass is 28.4. The average molecular weight is 784 g/mol. The van der Waals surface area contributed by atoms with Crippen molar-refractivity contribution in [1.29, 1.82) is 0 Å². The van der Waals surface area contributed by atoms with E-state index in [4.69, 9.17) is 18.6 Å². The second-order valence-electron chi connectivity index (χ2n) is 16.4. The Morgan fingerprint density at radius 2 is 1.27 bits per heavy atom. The standard InChI is InChI=1S/C46H61NO8Si/c1-45(2,3)55-40(48)34-53-42(44(50)51)41(43(49)47(7)30-18-10-11-21-35-28-29-36-22-16-17-23-37(36)33-35)52-31-19-20-32-54-56(46(4,5)6,38-24-12-8-13-25-38)39-26-14-9-15-27-39/h8-9,12-17,22-29,33,41-42H,10-11,18-21,30-32,34H2,1-7H3,(H,50,51)/t41-,42-/m1/s1. The van der Waals surface area contributed by atoms with Gasteiger partial charge in [-0.3, -0.25) is 4.79 Å². The third-order valence-electron chi connectivity index (χ3n) is 9.78. The summed E-state index contributed by atoms with van der Waals surface area (Å²) < 4.78 is 24.0. The van der Waals surface area contributed by atoms with Gasteiger partial charge in [0.2, 0.25) is 0 Å². The monoisotopic (exact) mass is 783 g/mol. The first kappa shape index (κ1) is 44.4. The van der Waals surface area contributed by atoms with Crippen molar-refractivity contribution in [2.75, 3.05) is 33.4 Å². The molecule has 4 aromatic rings. The van der Waals surface area contributed by atoms with Gasteiger partial charge in [-0.1, -0.05) is 130 Å².